The van der Waals surface area contributed by atoms with Crippen molar-refractivity contribution in [2.24, 2.45) is 0 Å². The Balaban J connectivity index is 1.94. The Morgan fingerprint density at radius 2 is 2.13 bits per heavy atom. The van der Waals surface area contributed by atoms with Crippen LogP contribution < -0.4 is 14.8 Å². The molecule has 0 saturated heterocycles. The molecule has 0 radical (unpaired) electrons. The molecule has 1 heterocycles. The third-order valence-corrected chi connectivity index (χ3v) is 4.92. The number of nitrogens with zero attached hydrogens (tertiary/aromatic N) is 2. The van der Waals surface area contributed by atoms with Gasteiger partial charge in [-0.3, -0.25) is 9.69 Å². The molecule has 2 rings (SSSR count). The van der Waals surface area contributed by atoms with Gasteiger partial charge in [0.2, 0.25) is 11.4 Å². The summed E-state index contributed by atoms with van der Waals surface area (Å²) in [6.45, 7) is 6.62. The van der Waals surface area contributed by atoms with Gasteiger partial charge in [0, 0.05) is 18.7 Å². The van der Waals surface area contributed by atoms with Crippen LogP contribution in [0.4, 0.5) is 0 Å². The van der Waals surface area contributed by atoms with Crippen LogP contribution in [0.25, 0.3) is 10.2 Å². The molecule has 0 aliphatic rings. The van der Waals surface area contributed by atoms with Gasteiger partial charge in [0.25, 0.3) is 5.01 Å². The summed E-state index contributed by atoms with van der Waals surface area (Å²) >= 11 is 1.44. The van der Waals surface area contributed by atoms with Crippen molar-refractivity contribution >= 4 is 27.5 Å². The lowest BCUT2D eigenvalue weighted by atomic mass is 10.3. The molecule has 0 aliphatic carbocycles. The van der Waals surface area contributed by atoms with Crippen LogP contribution in [0.1, 0.15) is 18.9 Å². The standard InChI is InChI=1S/C16H23N3O3S/c1-4-18(5-2)11-15(20)17-9-8-16-19(21)13-7-6-12(22-3)10-14(13)23-16/h6-7,10H,4-5,8-9,11H2,1-3H3,(H,17,20). The van der Waals surface area contributed by atoms with E-state index in [9.17, 15) is 10.0 Å². The van der Waals surface area contributed by atoms with Crippen molar-refractivity contribution in [3.63, 3.8) is 0 Å². The quantitative estimate of drug-likeness (QED) is 0.586. The van der Waals surface area contributed by atoms with Crippen molar-refractivity contribution in [3.05, 3.63) is 28.4 Å². The first-order valence-electron chi connectivity index (χ1n) is 7.77. The topological polar surface area (TPSA) is 68.5 Å². The highest BCUT2D eigenvalue weighted by atomic mass is 32.1. The van der Waals surface area contributed by atoms with Gasteiger partial charge in [0.15, 0.2) is 0 Å². The van der Waals surface area contributed by atoms with Crippen molar-refractivity contribution in [1.82, 2.24) is 10.2 Å². The van der Waals surface area contributed by atoms with E-state index in [1.165, 1.54) is 11.3 Å². The minimum Gasteiger partial charge on any atom is -0.617 e. The number of benzene rings is 1. The van der Waals surface area contributed by atoms with Gasteiger partial charge in [-0.1, -0.05) is 25.2 Å². The lowest BCUT2D eigenvalue weighted by molar-refractivity contribution is -0.580. The summed E-state index contributed by atoms with van der Waals surface area (Å²) in [4.78, 5) is 13.9. The fourth-order valence-electron chi connectivity index (χ4n) is 2.34. The highest BCUT2D eigenvalue weighted by Crippen LogP contribution is 2.24. The van der Waals surface area contributed by atoms with Crippen LogP contribution in [0, 0.1) is 5.21 Å². The largest absolute Gasteiger partial charge is 0.617 e. The van der Waals surface area contributed by atoms with E-state index in [2.05, 4.69) is 10.2 Å². The summed E-state index contributed by atoms with van der Waals surface area (Å²) in [5, 5.41) is 15.8. The number of carbonyl (C=O) groups is 1. The molecule has 0 spiro atoms. The number of ether oxygens (including phenoxy) is 1. The maximum atomic E-state index is 12.2. The number of aromatic nitrogens is 1. The van der Waals surface area contributed by atoms with Gasteiger partial charge < -0.3 is 15.3 Å². The fraction of sp³-hybridized carbons (Fsp3) is 0.500. The maximum absolute atomic E-state index is 12.2. The Kier molecular flexibility index (Phi) is 6.18. The predicted molar refractivity (Wildman–Crippen MR) is 91.8 cm³/mol. The summed E-state index contributed by atoms with van der Waals surface area (Å²) in [6.07, 6.45) is 0.523. The SMILES string of the molecule is CCN(CC)CC(=O)NCCc1sc2cc(OC)ccc2[n+]1[O-]. The van der Waals surface area contributed by atoms with Gasteiger partial charge in [-0.2, -0.15) is 4.73 Å². The lowest BCUT2D eigenvalue weighted by Crippen LogP contribution is -2.38. The summed E-state index contributed by atoms with van der Waals surface area (Å²) in [5.74, 6) is 0.729. The van der Waals surface area contributed by atoms with Crippen molar-refractivity contribution < 1.29 is 14.3 Å². The molecule has 0 unspecified atom stereocenters. The molecule has 1 aromatic heterocycles. The van der Waals surface area contributed by atoms with Gasteiger partial charge in [0.1, 0.15) is 10.4 Å². The monoisotopic (exact) mass is 337 g/mol. The molecule has 6 nitrogen and oxygen atoms in total. The van der Waals surface area contributed by atoms with Gasteiger partial charge >= 0.3 is 0 Å². The molecule has 1 amide bonds. The lowest BCUT2D eigenvalue weighted by Gasteiger charge is -2.16. The van der Waals surface area contributed by atoms with Crippen molar-refractivity contribution in [2.45, 2.75) is 20.3 Å². The first kappa shape index (κ1) is 17.5. The number of thiazole rings is 1. The van der Waals surface area contributed by atoms with Crippen LogP contribution in [0.5, 0.6) is 5.75 Å². The Bertz CT molecular complexity index is 668. The van der Waals surface area contributed by atoms with E-state index in [0.717, 1.165) is 28.3 Å². The van der Waals surface area contributed by atoms with Crippen molar-refractivity contribution in [1.29, 1.82) is 0 Å². The van der Waals surface area contributed by atoms with Crippen LogP contribution in [-0.4, -0.2) is 44.1 Å². The number of methoxy groups -OCH3 is 1. The van der Waals surface area contributed by atoms with Crippen LogP contribution in [0.3, 0.4) is 0 Å². The van der Waals surface area contributed by atoms with Crippen LogP contribution in [0.15, 0.2) is 18.2 Å². The number of amides is 1. The van der Waals surface area contributed by atoms with Gasteiger partial charge in [-0.25, -0.2) is 0 Å². The zero-order valence-electron chi connectivity index (χ0n) is 13.8. The van der Waals surface area contributed by atoms with Gasteiger partial charge in [0.05, 0.1) is 20.1 Å². The van der Waals surface area contributed by atoms with Crippen LogP contribution >= 0.6 is 11.3 Å². The normalized spacial score (nSPS) is 11.1. The Hall–Kier alpha value is -1.86. The maximum Gasteiger partial charge on any atom is 0.251 e. The number of carbonyl (C=O) groups excluding carboxylic acids is 1. The molecule has 23 heavy (non-hydrogen) atoms. The van der Waals surface area contributed by atoms with Crippen molar-refractivity contribution in [2.75, 3.05) is 33.3 Å². The Morgan fingerprint density at radius 1 is 1.39 bits per heavy atom. The average Bonchev–Trinajstić information content (AvgIpc) is 2.88. The van der Waals surface area contributed by atoms with E-state index < -0.39 is 0 Å². The summed E-state index contributed by atoms with van der Waals surface area (Å²) in [5.41, 5.74) is 0.639. The van der Waals surface area contributed by atoms with Crippen molar-refractivity contribution in [3.8, 4) is 5.75 Å². The van der Waals surface area contributed by atoms with E-state index in [1.807, 2.05) is 19.9 Å². The van der Waals surface area contributed by atoms with E-state index in [1.54, 1.807) is 19.2 Å². The minimum atomic E-state index is -0.00562. The molecular weight excluding hydrogens is 314 g/mol. The predicted octanol–water partition coefficient (Wildman–Crippen LogP) is 1.54. The summed E-state index contributed by atoms with van der Waals surface area (Å²) in [6, 6.07) is 5.40. The Labute approximate surface area is 140 Å². The molecule has 1 N–H and O–H groups in total. The molecule has 126 valence electrons. The fourth-order valence-corrected chi connectivity index (χ4v) is 3.41. The van der Waals surface area contributed by atoms with E-state index in [0.29, 0.717) is 30.0 Å². The number of hydrogen-bond acceptors (Lipinski definition) is 5. The first-order chi connectivity index (χ1) is 11.1. The molecular formula is C16H23N3O3S. The van der Waals surface area contributed by atoms with Gasteiger partial charge in [-0.15, -0.1) is 0 Å². The molecule has 1 aromatic carbocycles. The number of nitrogens with one attached hydrogen (secondary N) is 1. The molecule has 7 heteroatoms. The van der Waals surface area contributed by atoms with E-state index in [-0.39, 0.29) is 5.91 Å². The van der Waals surface area contributed by atoms with Gasteiger partial charge in [-0.05, 0) is 19.2 Å². The minimum absolute atomic E-state index is 0.00562. The zero-order chi connectivity index (χ0) is 16.8. The van der Waals surface area contributed by atoms with Crippen LogP contribution in [-0.2, 0) is 11.2 Å². The zero-order valence-corrected chi connectivity index (χ0v) is 14.6. The second kappa shape index (κ2) is 8.12. The van der Waals surface area contributed by atoms with E-state index in [4.69, 9.17) is 4.74 Å². The highest BCUT2D eigenvalue weighted by Gasteiger charge is 2.16. The summed E-state index contributed by atoms with van der Waals surface area (Å²) in [7, 11) is 1.60. The van der Waals surface area contributed by atoms with Crippen LogP contribution in [0.2, 0.25) is 0 Å². The number of likely N-dealkylation sites (N-methyl/N-ethyl adjacent to an activating group) is 1. The number of fused-ring (bicyclic) bond motifs is 1. The Morgan fingerprint density at radius 3 is 2.78 bits per heavy atom. The first-order valence-corrected chi connectivity index (χ1v) is 8.58. The second-order valence-electron chi connectivity index (χ2n) is 5.19. The number of rotatable bonds is 8. The highest BCUT2D eigenvalue weighted by molar-refractivity contribution is 7.18. The molecule has 0 saturated carbocycles. The molecule has 0 bridgehead atoms. The third kappa shape index (κ3) is 4.33. The molecule has 2 aromatic rings. The molecule has 0 aliphatic heterocycles. The van der Waals surface area contributed by atoms with E-state index >= 15 is 0 Å². The molecule has 0 fully saturated rings. The third-order valence-electron chi connectivity index (χ3n) is 3.76. The molecule has 0 atom stereocenters. The number of hydrogen-bond donors (Lipinski definition) is 1. The average molecular weight is 337 g/mol. The smallest absolute Gasteiger partial charge is 0.251 e. The second-order valence-corrected chi connectivity index (χ2v) is 6.30. The summed E-state index contributed by atoms with van der Waals surface area (Å²) < 4.78 is 7.01.